The summed E-state index contributed by atoms with van der Waals surface area (Å²) < 4.78 is 40.2. The molecule has 0 spiro atoms. The zero-order valence-corrected chi connectivity index (χ0v) is 16.9. The van der Waals surface area contributed by atoms with Crippen molar-refractivity contribution in [3.8, 4) is 5.69 Å². The molecule has 1 aromatic heterocycles. The first kappa shape index (κ1) is 20.5. The van der Waals surface area contributed by atoms with Crippen molar-refractivity contribution in [2.45, 2.75) is 13.5 Å². The molecule has 0 aliphatic carbocycles. The number of carbonyl (C=O) groups excluding carboxylic acids is 1. The summed E-state index contributed by atoms with van der Waals surface area (Å²) in [6.07, 6.45) is 4.52. The van der Waals surface area contributed by atoms with E-state index in [0.29, 0.717) is 0 Å². The van der Waals surface area contributed by atoms with Gasteiger partial charge in [0.25, 0.3) is 0 Å². The lowest BCUT2D eigenvalue weighted by atomic mass is 10.1. The SMILES string of the molecule is Cc1nccn1-c1ccccc1CNC(=O)CN(c1ccc(F)cc1)S(C)(=O)=O. The van der Waals surface area contributed by atoms with E-state index >= 15 is 0 Å². The maximum absolute atomic E-state index is 13.1. The van der Waals surface area contributed by atoms with Crippen molar-refractivity contribution in [1.29, 1.82) is 0 Å². The molecule has 0 saturated carbocycles. The molecule has 0 unspecified atom stereocenters. The Morgan fingerprint density at radius 2 is 1.86 bits per heavy atom. The Labute approximate surface area is 168 Å². The van der Waals surface area contributed by atoms with Crippen LogP contribution in [0, 0.1) is 12.7 Å². The van der Waals surface area contributed by atoms with Gasteiger partial charge >= 0.3 is 0 Å². The monoisotopic (exact) mass is 416 g/mol. The van der Waals surface area contributed by atoms with E-state index in [-0.39, 0.29) is 12.2 Å². The highest BCUT2D eigenvalue weighted by molar-refractivity contribution is 7.92. The van der Waals surface area contributed by atoms with Gasteiger partial charge in [0.05, 0.1) is 17.6 Å². The number of imidazole rings is 1. The fraction of sp³-hybridized carbons (Fsp3) is 0.200. The first-order chi connectivity index (χ1) is 13.8. The van der Waals surface area contributed by atoms with Gasteiger partial charge in [0, 0.05) is 18.9 Å². The number of aryl methyl sites for hydroxylation is 1. The summed E-state index contributed by atoms with van der Waals surface area (Å²) in [5.74, 6) is -0.154. The van der Waals surface area contributed by atoms with Crippen LogP contribution in [0.5, 0.6) is 0 Å². The van der Waals surface area contributed by atoms with Crippen molar-refractivity contribution in [3.63, 3.8) is 0 Å². The molecule has 0 bridgehead atoms. The Morgan fingerprint density at radius 1 is 1.17 bits per heavy atom. The summed E-state index contributed by atoms with van der Waals surface area (Å²) in [4.78, 5) is 16.7. The average molecular weight is 416 g/mol. The van der Waals surface area contributed by atoms with Gasteiger partial charge in [0.1, 0.15) is 18.2 Å². The van der Waals surface area contributed by atoms with Crippen LogP contribution in [0.25, 0.3) is 5.69 Å². The van der Waals surface area contributed by atoms with Gasteiger partial charge in [-0.1, -0.05) is 18.2 Å². The molecule has 0 saturated heterocycles. The van der Waals surface area contributed by atoms with Gasteiger partial charge in [-0.15, -0.1) is 0 Å². The summed E-state index contributed by atoms with van der Waals surface area (Å²) in [6, 6.07) is 12.5. The largest absolute Gasteiger partial charge is 0.350 e. The first-order valence-electron chi connectivity index (χ1n) is 8.84. The fourth-order valence-corrected chi connectivity index (χ4v) is 3.77. The summed E-state index contributed by atoms with van der Waals surface area (Å²) in [6.45, 7) is 1.69. The molecule has 1 N–H and O–H groups in total. The van der Waals surface area contributed by atoms with E-state index in [2.05, 4.69) is 10.3 Å². The molecule has 1 amide bonds. The van der Waals surface area contributed by atoms with E-state index in [1.807, 2.05) is 42.0 Å². The van der Waals surface area contributed by atoms with Gasteiger partial charge in [0.15, 0.2) is 0 Å². The molecular formula is C20H21FN4O3S. The van der Waals surface area contributed by atoms with Crippen molar-refractivity contribution >= 4 is 21.6 Å². The zero-order valence-electron chi connectivity index (χ0n) is 16.0. The third kappa shape index (κ3) is 5.00. The Balaban J connectivity index is 1.74. The van der Waals surface area contributed by atoms with Crippen LogP contribution >= 0.6 is 0 Å². The third-order valence-corrected chi connectivity index (χ3v) is 5.50. The van der Waals surface area contributed by atoms with E-state index in [1.54, 1.807) is 6.20 Å². The number of nitrogens with one attached hydrogen (secondary N) is 1. The molecule has 0 fully saturated rings. The van der Waals surface area contributed by atoms with Crippen LogP contribution in [0.2, 0.25) is 0 Å². The number of carbonyl (C=O) groups is 1. The molecule has 3 aromatic rings. The first-order valence-corrected chi connectivity index (χ1v) is 10.7. The van der Waals surface area contributed by atoms with Crippen molar-refractivity contribution in [1.82, 2.24) is 14.9 Å². The minimum Gasteiger partial charge on any atom is -0.350 e. The van der Waals surface area contributed by atoms with Crippen LogP contribution in [-0.2, 0) is 21.4 Å². The number of hydrogen-bond donors (Lipinski definition) is 1. The Hall–Kier alpha value is -3.20. The average Bonchev–Trinajstić information content (AvgIpc) is 3.10. The lowest BCUT2D eigenvalue weighted by Crippen LogP contribution is -2.40. The molecule has 7 nitrogen and oxygen atoms in total. The van der Waals surface area contributed by atoms with E-state index < -0.39 is 28.3 Å². The zero-order chi connectivity index (χ0) is 21.0. The lowest BCUT2D eigenvalue weighted by Gasteiger charge is -2.22. The van der Waals surface area contributed by atoms with Crippen molar-refractivity contribution in [2.24, 2.45) is 0 Å². The molecule has 152 valence electrons. The highest BCUT2D eigenvalue weighted by Gasteiger charge is 2.21. The number of nitrogens with zero attached hydrogens (tertiary/aromatic N) is 3. The van der Waals surface area contributed by atoms with E-state index in [9.17, 15) is 17.6 Å². The lowest BCUT2D eigenvalue weighted by molar-refractivity contribution is -0.119. The molecule has 9 heteroatoms. The topological polar surface area (TPSA) is 84.3 Å². The number of aromatic nitrogens is 2. The van der Waals surface area contributed by atoms with Crippen LogP contribution in [0.15, 0.2) is 60.9 Å². The van der Waals surface area contributed by atoms with E-state index in [0.717, 1.165) is 39.8 Å². The normalized spacial score (nSPS) is 11.3. The van der Waals surface area contributed by atoms with Crippen LogP contribution < -0.4 is 9.62 Å². The van der Waals surface area contributed by atoms with Crippen LogP contribution in [0.1, 0.15) is 11.4 Å². The molecule has 3 rings (SSSR count). The maximum Gasteiger partial charge on any atom is 0.241 e. The number of halogens is 1. The Bertz CT molecular complexity index is 1110. The van der Waals surface area contributed by atoms with Gasteiger partial charge in [-0.25, -0.2) is 17.8 Å². The third-order valence-electron chi connectivity index (χ3n) is 4.36. The summed E-state index contributed by atoms with van der Waals surface area (Å²) >= 11 is 0. The molecule has 1 heterocycles. The molecule has 0 atom stereocenters. The minimum atomic E-state index is -3.72. The Morgan fingerprint density at radius 3 is 2.48 bits per heavy atom. The number of anilines is 1. The maximum atomic E-state index is 13.1. The number of para-hydroxylation sites is 1. The summed E-state index contributed by atoms with van der Waals surface area (Å²) in [5.41, 5.74) is 1.95. The molecule has 0 aliphatic heterocycles. The second kappa shape index (κ2) is 8.44. The van der Waals surface area contributed by atoms with Crippen LogP contribution in [0.4, 0.5) is 10.1 Å². The van der Waals surface area contributed by atoms with Crippen LogP contribution in [0.3, 0.4) is 0 Å². The minimum absolute atomic E-state index is 0.216. The number of hydrogen-bond acceptors (Lipinski definition) is 4. The summed E-state index contributed by atoms with van der Waals surface area (Å²) in [5, 5.41) is 2.75. The fourth-order valence-electron chi connectivity index (χ4n) is 2.92. The van der Waals surface area contributed by atoms with Gasteiger partial charge in [-0.05, 0) is 42.8 Å². The second-order valence-corrected chi connectivity index (χ2v) is 8.40. The predicted octanol–water partition coefficient (Wildman–Crippen LogP) is 2.40. The molecule has 0 radical (unpaired) electrons. The number of rotatable bonds is 7. The number of amides is 1. The van der Waals surface area contributed by atoms with Gasteiger partial charge in [-0.3, -0.25) is 9.10 Å². The van der Waals surface area contributed by atoms with Crippen molar-refractivity contribution < 1.29 is 17.6 Å². The molecule has 29 heavy (non-hydrogen) atoms. The van der Waals surface area contributed by atoms with Gasteiger partial charge in [-0.2, -0.15) is 0 Å². The summed E-state index contributed by atoms with van der Waals surface area (Å²) in [7, 11) is -3.72. The standard InChI is InChI=1S/C20H21FN4O3S/c1-15-22-11-12-24(15)19-6-4-3-5-16(19)13-23-20(26)14-25(29(2,27)28)18-9-7-17(21)8-10-18/h3-12H,13-14H2,1-2H3,(H,23,26). The predicted molar refractivity (Wildman–Crippen MR) is 109 cm³/mol. The van der Waals surface area contributed by atoms with Gasteiger partial charge in [0.2, 0.25) is 15.9 Å². The van der Waals surface area contributed by atoms with E-state index in [4.69, 9.17) is 0 Å². The molecular weight excluding hydrogens is 395 g/mol. The van der Waals surface area contributed by atoms with Crippen molar-refractivity contribution in [3.05, 3.63) is 78.1 Å². The number of benzene rings is 2. The number of sulfonamides is 1. The highest BCUT2D eigenvalue weighted by Crippen LogP contribution is 2.18. The van der Waals surface area contributed by atoms with Crippen LogP contribution in [-0.4, -0.2) is 36.7 Å². The van der Waals surface area contributed by atoms with E-state index in [1.165, 1.54) is 12.1 Å². The Kier molecular flexibility index (Phi) is 5.97. The molecule has 0 aliphatic rings. The van der Waals surface area contributed by atoms with Crippen molar-refractivity contribution in [2.75, 3.05) is 17.1 Å². The smallest absolute Gasteiger partial charge is 0.241 e. The quantitative estimate of drug-likeness (QED) is 0.641. The highest BCUT2D eigenvalue weighted by atomic mass is 32.2. The van der Waals surface area contributed by atoms with Gasteiger partial charge < -0.3 is 9.88 Å². The molecule has 2 aromatic carbocycles. The second-order valence-electron chi connectivity index (χ2n) is 6.50.